The summed E-state index contributed by atoms with van der Waals surface area (Å²) in [6.07, 6.45) is 18.1. The standard InChI is InChI=1S/2C9H13.2ClH.Hf/c2*1-3-5-9-7-4-6-8(9)2;;;/h2*6H,3-5H2,1-2H3;2*1H;/q2*-1;;;+4/p-2. The van der Waals surface area contributed by atoms with Gasteiger partial charge in [-0.15, -0.1) is 26.7 Å². The molecule has 21 heavy (non-hydrogen) atoms. The molecule has 0 amide bonds. The Hall–Kier alpha value is 0.410. The molecule has 0 atom stereocenters. The predicted octanol–water partition coefficient (Wildman–Crippen LogP) is -0.262. The molecule has 0 N–H and O–H groups in total. The molecule has 0 fully saturated rings. The molecular weight excluding hydrogens is 466 g/mol. The maximum atomic E-state index is 3.33. The first kappa shape index (κ1) is 26.3. The molecule has 0 radical (unpaired) electrons. The van der Waals surface area contributed by atoms with Gasteiger partial charge in [0.2, 0.25) is 0 Å². The molecule has 0 saturated carbocycles. The number of rotatable bonds is 4. The van der Waals surface area contributed by atoms with E-state index in [0.29, 0.717) is 0 Å². The van der Waals surface area contributed by atoms with Crippen LogP contribution in [0.2, 0.25) is 0 Å². The van der Waals surface area contributed by atoms with Crippen molar-refractivity contribution in [3.63, 3.8) is 0 Å². The SMILES string of the molecule is CCCC1=[C-]CC=C1C.CCCC1=[C-]CC=C1C.[Cl-].[Cl-].[Hf+4]. The van der Waals surface area contributed by atoms with Crippen LogP contribution in [-0.2, 0) is 25.8 Å². The molecule has 0 aromatic carbocycles. The van der Waals surface area contributed by atoms with Gasteiger partial charge >= 0.3 is 25.8 Å². The summed E-state index contributed by atoms with van der Waals surface area (Å²) in [5.41, 5.74) is 5.77. The van der Waals surface area contributed by atoms with Gasteiger partial charge in [-0.05, 0) is 0 Å². The molecule has 0 aliphatic heterocycles. The second-order valence-electron chi connectivity index (χ2n) is 4.99. The van der Waals surface area contributed by atoms with Crippen LogP contribution in [-0.4, -0.2) is 0 Å². The van der Waals surface area contributed by atoms with Crippen LogP contribution in [0.4, 0.5) is 0 Å². The summed E-state index contributed by atoms with van der Waals surface area (Å²) in [7, 11) is 0. The van der Waals surface area contributed by atoms with Crippen molar-refractivity contribution in [3.8, 4) is 0 Å². The van der Waals surface area contributed by atoms with E-state index in [1.807, 2.05) is 0 Å². The second kappa shape index (κ2) is 15.3. The summed E-state index contributed by atoms with van der Waals surface area (Å²) in [6.45, 7) is 8.76. The minimum absolute atomic E-state index is 0. The van der Waals surface area contributed by atoms with Crippen LogP contribution in [0.15, 0.2) is 34.4 Å². The Labute approximate surface area is 162 Å². The average Bonchev–Trinajstić information content (AvgIpc) is 2.92. The van der Waals surface area contributed by atoms with Crippen LogP contribution in [0.25, 0.3) is 0 Å². The summed E-state index contributed by atoms with van der Waals surface area (Å²) in [5, 5.41) is 0. The summed E-state index contributed by atoms with van der Waals surface area (Å²) < 4.78 is 0. The molecule has 0 unspecified atom stereocenters. The van der Waals surface area contributed by atoms with Gasteiger partial charge < -0.3 is 24.8 Å². The van der Waals surface area contributed by atoms with Crippen molar-refractivity contribution in [2.75, 3.05) is 0 Å². The zero-order chi connectivity index (χ0) is 13.4. The van der Waals surface area contributed by atoms with E-state index in [9.17, 15) is 0 Å². The van der Waals surface area contributed by atoms with Crippen molar-refractivity contribution in [3.05, 3.63) is 46.6 Å². The summed E-state index contributed by atoms with van der Waals surface area (Å²) in [5.74, 6) is 0. The number of hydrogen-bond donors (Lipinski definition) is 0. The van der Waals surface area contributed by atoms with Gasteiger partial charge in [0.25, 0.3) is 0 Å². The fraction of sp³-hybridized carbons (Fsp3) is 0.556. The fourth-order valence-corrected chi connectivity index (χ4v) is 2.25. The third-order valence-corrected chi connectivity index (χ3v) is 3.40. The van der Waals surface area contributed by atoms with Crippen molar-refractivity contribution >= 4 is 0 Å². The Morgan fingerprint density at radius 3 is 1.33 bits per heavy atom. The fourth-order valence-electron chi connectivity index (χ4n) is 2.25. The monoisotopic (exact) mass is 492 g/mol. The van der Waals surface area contributed by atoms with Gasteiger partial charge in [0, 0.05) is 0 Å². The van der Waals surface area contributed by atoms with Crippen LogP contribution >= 0.6 is 0 Å². The maximum absolute atomic E-state index is 3.33. The largest absolute Gasteiger partial charge is 4.00 e. The molecule has 2 aliphatic rings. The number of halogens is 2. The van der Waals surface area contributed by atoms with Crippen molar-refractivity contribution < 1.29 is 50.7 Å². The zero-order valence-electron chi connectivity index (χ0n) is 13.7. The molecule has 116 valence electrons. The van der Waals surface area contributed by atoms with Gasteiger partial charge in [0.05, 0.1) is 0 Å². The normalized spacial score (nSPS) is 15.0. The van der Waals surface area contributed by atoms with Gasteiger partial charge in [-0.2, -0.15) is 12.2 Å². The van der Waals surface area contributed by atoms with E-state index in [-0.39, 0.29) is 50.7 Å². The van der Waals surface area contributed by atoms with Crippen molar-refractivity contribution in [1.82, 2.24) is 0 Å². The van der Waals surface area contributed by atoms with Gasteiger partial charge in [0.15, 0.2) is 0 Å². The Morgan fingerprint density at radius 2 is 1.14 bits per heavy atom. The first-order chi connectivity index (χ1) is 8.69. The Morgan fingerprint density at radius 1 is 0.810 bits per heavy atom. The Bertz CT molecular complexity index is 352. The van der Waals surface area contributed by atoms with E-state index in [1.165, 1.54) is 48.0 Å². The molecule has 0 aromatic heterocycles. The molecule has 3 heteroatoms. The number of hydrogen-bond acceptors (Lipinski definition) is 0. The minimum atomic E-state index is 0. The Balaban J connectivity index is -0.000000270. The second-order valence-corrected chi connectivity index (χ2v) is 4.99. The van der Waals surface area contributed by atoms with Crippen molar-refractivity contribution in [1.29, 1.82) is 0 Å². The van der Waals surface area contributed by atoms with Crippen molar-refractivity contribution in [2.24, 2.45) is 0 Å². The zero-order valence-corrected chi connectivity index (χ0v) is 18.8. The molecule has 2 rings (SSSR count). The average molecular weight is 492 g/mol. The summed E-state index contributed by atoms with van der Waals surface area (Å²) in [4.78, 5) is 0. The third-order valence-electron chi connectivity index (χ3n) is 3.40. The number of allylic oxidation sites excluding steroid dienone is 8. The molecule has 0 bridgehead atoms. The smallest absolute Gasteiger partial charge is 1.00 e. The molecule has 0 spiro atoms. The Kier molecular flexibility index (Phi) is 19.2. The molecule has 0 nitrogen and oxygen atoms in total. The topological polar surface area (TPSA) is 0 Å². The van der Waals surface area contributed by atoms with Crippen LogP contribution < -0.4 is 24.8 Å². The molecular formula is C18H26Cl2Hf. The third kappa shape index (κ3) is 9.92. The van der Waals surface area contributed by atoms with E-state index >= 15 is 0 Å². The quantitative estimate of drug-likeness (QED) is 0.376. The minimum Gasteiger partial charge on any atom is -1.00 e. The molecule has 2 aliphatic carbocycles. The van der Waals surface area contributed by atoms with Crippen LogP contribution in [0.5, 0.6) is 0 Å². The summed E-state index contributed by atoms with van der Waals surface area (Å²) >= 11 is 0. The van der Waals surface area contributed by atoms with Crippen LogP contribution in [0, 0.1) is 12.2 Å². The van der Waals surface area contributed by atoms with Gasteiger partial charge in [-0.1, -0.05) is 39.5 Å². The van der Waals surface area contributed by atoms with Crippen molar-refractivity contribution in [2.45, 2.75) is 66.2 Å². The first-order valence-corrected chi connectivity index (χ1v) is 7.22. The van der Waals surface area contributed by atoms with E-state index < -0.39 is 0 Å². The van der Waals surface area contributed by atoms with E-state index in [2.05, 4.69) is 52.0 Å². The van der Waals surface area contributed by atoms with E-state index in [1.54, 1.807) is 0 Å². The molecule has 0 aromatic rings. The summed E-state index contributed by atoms with van der Waals surface area (Å²) in [6, 6.07) is 0. The maximum Gasteiger partial charge on any atom is 4.00 e. The van der Waals surface area contributed by atoms with E-state index in [0.717, 1.165) is 12.8 Å². The first-order valence-electron chi connectivity index (χ1n) is 7.22. The van der Waals surface area contributed by atoms with Gasteiger partial charge in [-0.25, -0.2) is 22.3 Å². The van der Waals surface area contributed by atoms with Crippen LogP contribution in [0.3, 0.4) is 0 Å². The van der Waals surface area contributed by atoms with Gasteiger partial charge in [0.1, 0.15) is 0 Å². The molecule has 0 heterocycles. The molecule has 0 saturated heterocycles. The predicted molar refractivity (Wildman–Crippen MR) is 80.1 cm³/mol. The van der Waals surface area contributed by atoms with Crippen LogP contribution in [0.1, 0.15) is 66.2 Å². The van der Waals surface area contributed by atoms with Gasteiger partial charge in [-0.3, -0.25) is 12.2 Å². The van der Waals surface area contributed by atoms with E-state index in [4.69, 9.17) is 0 Å².